The van der Waals surface area contributed by atoms with E-state index in [-0.39, 0.29) is 11.8 Å². The van der Waals surface area contributed by atoms with Gasteiger partial charge in [-0.15, -0.1) is 11.3 Å². The highest BCUT2D eigenvalue weighted by Crippen LogP contribution is 2.16. The highest BCUT2D eigenvalue weighted by Gasteiger charge is 2.25. The summed E-state index contributed by atoms with van der Waals surface area (Å²) in [5, 5.41) is 4.80. The number of thiophene rings is 1. The number of carbonyl (C=O) groups excluding carboxylic acids is 2. The molecular weight excluding hydrogens is 406 g/mol. The van der Waals surface area contributed by atoms with Crippen molar-refractivity contribution in [1.29, 1.82) is 0 Å². The first-order valence-corrected chi connectivity index (χ1v) is 11.2. The maximum Gasteiger partial charge on any atom is 0.270 e. The van der Waals surface area contributed by atoms with Crippen LogP contribution in [0.25, 0.3) is 6.08 Å². The maximum absolute atomic E-state index is 13.3. The SMILES string of the molecule is O=C(NC(=Cc1cccs1)C(=O)N1CCN(Cc2ccccc2)CC1)c1ccccc1. The van der Waals surface area contributed by atoms with E-state index < -0.39 is 0 Å². The van der Waals surface area contributed by atoms with Crippen LogP contribution in [0.1, 0.15) is 20.8 Å². The Morgan fingerprint density at radius 2 is 1.55 bits per heavy atom. The number of carbonyl (C=O) groups is 2. The molecule has 0 aliphatic carbocycles. The van der Waals surface area contributed by atoms with Gasteiger partial charge in [-0.1, -0.05) is 54.6 Å². The summed E-state index contributed by atoms with van der Waals surface area (Å²) >= 11 is 1.53. The molecule has 2 aromatic carbocycles. The van der Waals surface area contributed by atoms with Crippen molar-refractivity contribution >= 4 is 29.2 Å². The molecule has 0 spiro atoms. The van der Waals surface area contributed by atoms with Gasteiger partial charge in [-0.05, 0) is 35.2 Å². The van der Waals surface area contributed by atoms with Crippen molar-refractivity contribution in [3.8, 4) is 0 Å². The standard InChI is InChI=1S/C25H25N3O2S/c29-24(21-10-5-2-6-11-21)26-23(18-22-12-7-17-31-22)25(30)28-15-13-27(14-16-28)19-20-8-3-1-4-9-20/h1-12,17-18H,13-16,19H2,(H,26,29). The van der Waals surface area contributed by atoms with E-state index in [4.69, 9.17) is 0 Å². The van der Waals surface area contributed by atoms with Crippen molar-refractivity contribution in [2.45, 2.75) is 6.54 Å². The van der Waals surface area contributed by atoms with E-state index in [1.54, 1.807) is 18.2 Å². The van der Waals surface area contributed by atoms with Gasteiger partial charge in [-0.3, -0.25) is 14.5 Å². The molecule has 0 unspecified atom stereocenters. The molecule has 5 nitrogen and oxygen atoms in total. The van der Waals surface area contributed by atoms with Gasteiger partial charge in [-0.25, -0.2) is 0 Å². The largest absolute Gasteiger partial charge is 0.335 e. The molecule has 1 aliphatic rings. The average molecular weight is 432 g/mol. The van der Waals surface area contributed by atoms with Crippen LogP contribution in [-0.4, -0.2) is 47.8 Å². The van der Waals surface area contributed by atoms with Crippen molar-refractivity contribution in [2.75, 3.05) is 26.2 Å². The normalized spacial score (nSPS) is 15.0. The zero-order valence-corrected chi connectivity index (χ0v) is 18.1. The van der Waals surface area contributed by atoms with Gasteiger partial charge in [-0.2, -0.15) is 0 Å². The van der Waals surface area contributed by atoms with E-state index in [1.165, 1.54) is 16.9 Å². The van der Waals surface area contributed by atoms with Crippen LogP contribution in [0.2, 0.25) is 0 Å². The van der Waals surface area contributed by atoms with Crippen molar-refractivity contribution in [1.82, 2.24) is 15.1 Å². The molecule has 2 heterocycles. The van der Waals surface area contributed by atoms with E-state index in [0.717, 1.165) is 24.5 Å². The fraction of sp³-hybridized carbons (Fsp3) is 0.200. The monoisotopic (exact) mass is 431 g/mol. The quantitative estimate of drug-likeness (QED) is 0.603. The topological polar surface area (TPSA) is 52.7 Å². The molecule has 158 valence electrons. The fourth-order valence-electron chi connectivity index (χ4n) is 3.57. The predicted octanol–water partition coefficient (Wildman–Crippen LogP) is 3.86. The van der Waals surface area contributed by atoms with E-state index >= 15 is 0 Å². The Morgan fingerprint density at radius 3 is 2.19 bits per heavy atom. The van der Waals surface area contributed by atoms with Gasteiger partial charge in [0.15, 0.2) is 0 Å². The first-order chi connectivity index (χ1) is 15.2. The van der Waals surface area contributed by atoms with Gasteiger partial charge in [0.05, 0.1) is 0 Å². The molecule has 2 amide bonds. The molecule has 31 heavy (non-hydrogen) atoms. The molecule has 0 saturated carbocycles. The van der Waals surface area contributed by atoms with E-state index in [9.17, 15) is 9.59 Å². The van der Waals surface area contributed by atoms with Crippen LogP contribution >= 0.6 is 11.3 Å². The van der Waals surface area contributed by atoms with Crippen LogP contribution in [0.3, 0.4) is 0 Å². The maximum atomic E-state index is 13.3. The minimum absolute atomic E-state index is 0.142. The summed E-state index contributed by atoms with van der Waals surface area (Å²) in [6.07, 6.45) is 1.77. The average Bonchev–Trinajstić information content (AvgIpc) is 3.33. The third-order valence-electron chi connectivity index (χ3n) is 5.25. The first kappa shape index (κ1) is 21.0. The molecule has 1 aliphatic heterocycles. The molecule has 0 atom stereocenters. The third-order valence-corrected chi connectivity index (χ3v) is 6.07. The number of benzene rings is 2. The van der Waals surface area contributed by atoms with Crippen molar-refractivity contribution in [2.24, 2.45) is 0 Å². The number of rotatable bonds is 6. The number of hydrogen-bond acceptors (Lipinski definition) is 4. The smallest absolute Gasteiger partial charge is 0.270 e. The lowest BCUT2D eigenvalue weighted by Gasteiger charge is -2.35. The molecule has 6 heteroatoms. The third kappa shape index (κ3) is 5.69. The molecule has 0 bridgehead atoms. The molecule has 3 aromatic rings. The Balaban J connectivity index is 1.43. The summed E-state index contributed by atoms with van der Waals surface area (Å²) in [5.74, 6) is -0.420. The molecule has 1 N–H and O–H groups in total. The minimum Gasteiger partial charge on any atom is -0.335 e. The molecule has 1 fully saturated rings. The molecule has 1 saturated heterocycles. The summed E-state index contributed by atoms with van der Waals surface area (Å²) in [7, 11) is 0. The summed E-state index contributed by atoms with van der Waals surface area (Å²) in [6.45, 7) is 3.76. The highest BCUT2D eigenvalue weighted by atomic mass is 32.1. The Kier molecular flexibility index (Phi) is 6.92. The highest BCUT2D eigenvalue weighted by molar-refractivity contribution is 7.10. The van der Waals surface area contributed by atoms with Crippen molar-refractivity contribution < 1.29 is 9.59 Å². The second-order valence-corrected chi connectivity index (χ2v) is 8.43. The lowest BCUT2D eigenvalue weighted by Crippen LogP contribution is -2.50. The van der Waals surface area contributed by atoms with E-state index in [0.29, 0.717) is 24.4 Å². The second kappa shape index (κ2) is 10.2. The zero-order valence-electron chi connectivity index (χ0n) is 17.2. The Morgan fingerprint density at radius 1 is 0.871 bits per heavy atom. The predicted molar refractivity (Wildman–Crippen MR) is 125 cm³/mol. The van der Waals surface area contributed by atoms with Crippen LogP contribution in [0.4, 0.5) is 0 Å². The van der Waals surface area contributed by atoms with Crippen molar-refractivity contribution in [3.63, 3.8) is 0 Å². The van der Waals surface area contributed by atoms with Gasteiger partial charge >= 0.3 is 0 Å². The Bertz CT molecular complexity index is 1030. The summed E-state index contributed by atoms with van der Waals surface area (Å²) < 4.78 is 0. The van der Waals surface area contributed by atoms with Gasteiger partial charge in [0.25, 0.3) is 11.8 Å². The fourth-order valence-corrected chi connectivity index (χ4v) is 4.23. The number of amides is 2. The number of nitrogens with one attached hydrogen (secondary N) is 1. The molecule has 1 aromatic heterocycles. The molecular formula is C25H25N3O2S. The van der Waals surface area contributed by atoms with Crippen LogP contribution in [0, 0.1) is 0 Å². The van der Waals surface area contributed by atoms with Gasteiger partial charge in [0, 0.05) is 43.2 Å². The second-order valence-electron chi connectivity index (χ2n) is 7.45. The van der Waals surface area contributed by atoms with Crippen LogP contribution in [0.5, 0.6) is 0 Å². The van der Waals surface area contributed by atoms with Crippen LogP contribution in [-0.2, 0) is 11.3 Å². The Labute approximate surface area is 186 Å². The molecule has 0 radical (unpaired) electrons. The lowest BCUT2D eigenvalue weighted by atomic mass is 10.2. The van der Waals surface area contributed by atoms with Crippen LogP contribution in [0.15, 0.2) is 83.9 Å². The van der Waals surface area contributed by atoms with Gasteiger partial charge in [0.1, 0.15) is 5.70 Å². The molecule has 4 rings (SSSR count). The Hall–Kier alpha value is -3.22. The van der Waals surface area contributed by atoms with Crippen LogP contribution < -0.4 is 5.32 Å². The van der Waals surface area contributed by atoms with Gasteiger partial charge < -0.3 is 10.2 Å². The summed E-state index contributed by atoms with van der Waals surface area (Å²) in [6, 6.07) is 23.2. The number of hydrogen-bond donors (Lipinski definition) is 1. The summed E-state index contributed by atoms with van der Waals surface area (Å²) in [4.78, 5) is 31.1. The zero-order chi connectivity index (χ0) is 21.5. The number of piperazine rings is 1. The van der Waals surface area contributed by atoms with Crippen molar-refractivity contribution in [3.05, 3.63) is 99.9 Å². The minimum atomic E-state index is -0.278. The first-order valence-electron chi connectivity index (χ1n) is 10.4. The van der Waals surface area contributed by atoms with E-state index in [1.807, 2.05) is 58.8 Å². The lowest BCUT2D eigenvalue weighted by molar-refractivity contribution is -0.129. The van der Waals surface area contributed by atoms with Gasteiger partial charge in [0.2, 0.25) is 0 Å². The van der Waals surface area contributed by atoms with E-state index in [2.05, 4.69) is 22.3 Å². The summed E-state index contributed by atoms with van der Waals surface area (Å²) in [5.41, 5.74) is 2.11. The number of nitrogens with zero attached hydrogens (tertiary/aromatic N) is 2.